The molecule has 1 fully saturated rings. The van der Waals surface area contributed by atoms with Crippen molar-refractivity contribution in [2.45, 2.75) is 6.42 Å². The van der Waals surface area contributed by atoms with Crippen LogP contribution in [0.15, 0.2) is 59.1 Å². The van der Waals surface area contributed by atoms with Crippen LogP contribution in [-0.4, -0.2) is 37.0 Å². The largest absolute Gasteiger partial charge is 0.368 e. The van der Waals surface area contributed by atoms with Crippen LogP contribution in [0.5, 0.6) is 0 Å². The van der Waals surface area contributed by atoms with Crippen LogP contribution >= 0.6 is 15.9 Å². The normalized spacial score (nSPS) is 15.0. The van der Waals surface area contributed by atoms with Crippen molar-refractivity contribution in [2.24, 2.45) is 0 Å². The first-order valence-electron chi connectivity index (χ1n) is 7.54. The van der Waals surface area contributed by atoms with Gasteiger partial charge in [0, 0.05) is 36.3 Å². The quantitative estimate of drug-likeness (QED) is 0.839. The van der Waals surface area contributed by atoms with E-state index in [0.29, 0.717) is 6.42 Å². The number of nitrogens with zero attached hydrogens (tertiary/aromatic N) is 2. The lowest BCUT2D eigenvalue weighted by atomic mass is 10.1. The minimum absolute atomic E-state index is 0.224. The topological polar surface area (TPSA) is 23.6 Å². The van der Waals surface area contributed by atoms with Gasteiger partial charge in [-0.1, -0.05) is 46.3 Å². The summed E-state index contributed by atoms with van der Waals surface area (Å²) in [5, 5.41) is 0. The number of hydrogen-bond donors (Lipinski definition) is 0. The summed E-state index contributed by atoms with van der Waals surface area (Å²) < 4.78 is 1.09. The maximum absolute atomic E-state index is 12.4. The van der Waals surface area contributed by atoms with Crippen LogP contribution < -0.4 is 4.90 Å². The molecule has 2 aromatic rings. The van der Waals surface area contributed by atoms with Gasteiger partial charge in [0.15, 0.2) is 0 Å². The van der Waals surface area contributed by atoms with Crippen LogP contribution in [0.4, 0.5) is 5.69 Å². The first kappa shape index (κ1) is 15.1. The fraction of sp³-hybridized carbons (Fsp3) is 0.278. The number of carbonyl (C=O) groups excluding carboxylic acids is 1. The van der Waals surface area contributed by atoms with Crippen molar-refractivity contribution in [3.63, 3.8) is 0 Å². The number of amides is 1. The van der Waals surface area contributed by atoms with Gasteiger partial charge in [0.25, 0.3) is 0 Å². The van der Waals surface area contributed by atoms with Crippen molar-refractivity contribution in [3.05, 3.63) is 64.6 Å². The monoisotopic (exact) mass is 358 g/mol. The smallest absolute Gasteiger partial charge is 0.227 e. The predicted octanol–water partition coefficient (Wildman–Crippen LogP) is 3.34. The lowest BCUT2D eigenvalue weighted by Crippen LogP contribution is -2.49. The van der Waals surface area contributed by atoms with E-state index in [4.69, 9.17) is 0 Å². The van der Waals surface area contributed by atoms with Crippen LogP contribution in [0, 0.1) is 0 Å². The molecule has 2 aromatic carbocycles. The van der Waals surface area contributed by atoms with Crippen molar-refractivity contribution < 1.29 is 4.79 Å². The molecular weight excluding hydrogens is 340 g/mol. The number of carbonyl (C=O) groups is 1. The molecule has 0 N–H and O–H groups in total. The molecule has 114 valence electrons. The van der Waals surface area contributed by atoms with E-state index in [2.05, 4.69) is 45.1 Å². The Bertz CT molecular complexity index is 619. The summed E-state index contributed by atoms with van der Waals surface area (Å²) in [5.41, 5.74) is 2.31. The molecule has 1 saturated heterocycles. The van der Waals surface area contributed by atoms with Crippen molar-refractivity contribution in [2.75, 3.05) is 31.1 Å². The van der Waals surface area contributed by atoms with Crippen molar-refractivity contribution in [1.82, 2.24) is 4.90 Å². The summed E-state index contributed by atoms with van der Waals surface area (Å²) in [6.07, 6.45) is 0.499. The van der Waals surface area contributed by atoms with Crippen LogP contribution in [0.2, 0.25) is 0 Å². The zero-order valence-corrected chi connectivity index (χ0v) is 14.0. The van der Waals surface area contributed by atoms with Crippen LogP contribution in [0.1, 0.15) is 5.56 Å². The molecule has 0 unspecified atom stereocenters. The van der Waals surface area contributed by atoms with Gasteiger partial charge in [-0.3, -0.25) is 4.79 Å². The van der Waals surface area contributed by atoms with E-state index in [0.717, 1.165) is 36.2 Å². The highest BCUT2D eigenvalue weighted by Gasteiger charge is 2.21. The Hall–Kier alpha value is -1.81. The summed E-state index contributed by atoms with van der Waals surface area (Å²) in [5.74, 6) is 0.224. The van der Waals surface area contributed by atoms with E-state index < -0.39 is 0 Å². The van der Waals surface area contributed by atoms with E-state index in [1.807, 2.05) is 35.2 Å². The zero-order valence-electron chi connectivity index (χ0n) is 12.4. The zero-order chi connectivity index (χ0) is 15.4. The highest BCUT2D eigenvalue weighted by Crippen LogP contribution is 2.20. The summed E-state index contributed by atoms with van der Waals surface area (Å²) >= 11 is 3.46. The summed E-state index contributed by atoms with van der Waals surface area (Å²) in [6, 6.07) is 18.3. The first-order valence-corrected chi connectivity index (χ1v) is 8.34. The highest BCUT2D eigenvalue weighted by molar-refractivity contribution is 9.10. The maximum Gasteiger partial charge on any atom is 0.227 e. The molecule has 0 atom stereocenters. The van der Waals surface area contributed by atoms with E-state index in [1.54, 1.807) is 0 Å². The highest BCUT2D eigenvalue weighted by atomic mass is 79.9. The Morgan fingerprint density at radius 1 is 0.909 bits per heavy atom. The molecule has 0 saturated carbocycles. The first-order chi connectivity index (χ1) is 10.7. The Balaban J connectivity index is 1.55. The Morgan fingerprint density at radius 2 is 1.55 bits per heavy atom. The van der Waals surface area contributed by atoms with Crippen LogP contribution in [-0.2, 0) is 11.2 Å². The molecule has 0 radical (unpaired) electrons. The van der Waals surface area contributed by atoms with Gasteiger partial charge in [0.2, 0.25) is 5.91 Å². The third-order valence-corrected chi connectivity index (χ3v) is 4.55. The lowest BCUT2D eigenvalue weighted by molar-refractivity contribution is -0.130. The van der Waals surface area contributed by atoms with Crippen LogP contribution in [0.3, 0.4) is 0 Å². The van der Waals surface area contributed by atoms with Gasteiger partial charge in [0.05, 0.1) is 6.42 Å². The van der Waals surface area contributed by atoms with Crippen LogP contribution in [0.25, 0.3) is 0 Å². The van der Waals surface area contributed by atoms with Gasteiger partial charge in [-0.25, -0.2) is 0 Å². The van der Waals surface area contributed by atoms with E-state index in [9.17, 15) is 4.79 Å². The second kappa shape index (κ2) is 6.97. The van der Waals surface area contributed by atoms with E-state index >= 15 is 0 Å². The third-order valence-electron chi connectivity index (χ3n) is 4.02. The molecule has 1 aliphatic rings. The molecular formula is C18H19BrN2O. The molecule has 0 bridgehead atoms. The maximum atomic E-state index is 12.4. The third kappa shape index (κ3) is 3.69. The van der Waals surface area contributed by atoms with Crippen molar-refractivity contribution in [3.8, 4) is 0 Å². The molecule has 3 nitrogen and oxygen atoms in total. The lowest BCUT2D eigenvalue weighted by Gasteiger charge is -2.36. The SMILES string of the molecule is O=C(Cc1ccccc1)N1CCN(c2ccc(Br)cc2)CC1. The molecule has 1 heterocycles. The molecule has 22 heavy (non-hydrogen) atoms. The number of benzene rings is 2. The Kier molecular flexibility index (Phi) is 4.78. The molecule has 1 amide bonds. The number of piperazine rings is 1. The minimum atomic E-state index is 0.224. The fourth-order valence-corrected chi connectivity index (χ4v) is 3.01. The molecule has 3 rings (SSSR count). The second-order valence-electron chi connectivity index (χ2n) is 5.51. The fourth-order valence-electron chi connectivity index (χ4n) is 2.75. The van der Waals surface area contributed by atoms with E-state index in [-0.39, 0.29) is 5.91 Å². The number of rotatable bonds is 3. The molecule has 1 aliphatic heterocycles. The average molecular weight is 359 g/mol. The molecule has 0 aliphatic carbocycles. The summed E-state index contributed by atoms with van der Waals surface area (Å²) in [6.45, 7) is 3.37. The standard InChI is InChI=1S/C18H19BrN2O/c19-16-6-8-17(9-7-16)20-10-12-21(13-11-20)18(22)14-15-4-2-1-3-5-15/h1-9H,10-14H2. The van der Waals surface area contributed by atoms with Gasteiger partial charge < -0.3 is 9.80 Å². The molecule has 0 aromatic heterocycles. The predicted molar refractivity (Wildman–Crippen MR) is 93.1 cm³/mol. The van der Waals surface area contributed by atoms with Gasteiger partial charge in [-0.2, -0.15) is 0 Å². The Labute approximate surface area is 139 Å². The second-order valence-corrected chi connectivity index (χ2v) is 6.42. The van der Waals surface area contributed by atoms with Crippen molar-refractivity contribution >= 4 is 27.5 Å². The molecule has 4 heteroatoms. The molecule has 0 spiro atoms. The minimum Gasteiger partial charge on any atom is -0.368 e. The Morgan fingerprint density at radius 3 is 2.18 bits per heavy atom. The average Bonchev–Trinajstić information content (AvgIpc) is 2.57. The van der Waals surface area contributed by atoms with Gasteiger partial charge in [-0.05, 0) is 29.8 Å². The number of anilines is 1. The van der Waals surface area contributed by atoms with Gasteiger partial charge >= 0.3 is 0 Å². The van der Waals surface area contributed by atoms with Gasteiger partial charge in [-0.15, -0.1) is 0 Å². The summed E-state index contributed by atoms with van der Waals surface area (Å²) in [4.78, 5) is 16.7. The van der Waals surface area contributed by atoms with Gasteiger partial charge in [0.1, 0.15) is 0 Å². The number of halogens is 1. The van der Waals surface area contributed by atoms with Crippen molar-refractivity contribution in [1.29, 1.82) is 0 Å². The number of hydrogen-bond acceptors (Lipinski definition) is 2. The van der Waals surface area contributed by atoms with E-state index in [1.165, 1.54) is 5.69 Å². The summed E-state index contributed by atoms with van der Waals surface area (Å²) in [7, 11) is 0.